The van der Waals surface area contributed by atoms with Crippen molar-refractivity contribution in [1.82, 2.24) is 10.3 Å². The summed E-state index contributed by atoms with van der Waals surface area (Å²) in [5.74, 6) is 0.547. The maximum atomic E-state index is 9.09. The third-order valence-electron chi connectivity index (χ3n) is 3.32. The molecule has 1 heterocycles. The number of hydrogen-bond acceptors (Lipinski definition) is 2. The summed E-state index contributed by atoms with van der Waals surface area (Å²) in [7, 11) is 0. The Morgan fingerprint density at radius 1 is 1.32 bits per heavy atom. The first-order chi connectivity index (χ1) is 9.20. The zero-order valence-corrected chi connectivity index (χ0v) is 11.6. The van der Waals surface area contributed by atoms with Gasteiger partial charge in [0, 0.05) is 23.6 Å². The van der Waals surface area contributed by atoms with Gasteiger partial charge in [-0.3, -0.25) is 0 Å². The summed E-state index contributed by atoms with van der Waals surface area (Å²) < 4.78 is 0. The number of nitriles is 1. The molecule has 0 spiro atoms. The molecule has 19 heavy (non-hydrogen) atoms. The van der Waals surface area contributed by atoms with Crippen molar-refractivity contribution in [1.29, 1.82) is 5.26 Å². The van der Waals surface area contributed by atoms with E-state index in [4.69, 9.17) is 5.26 Å². The molecule has 0 aliphatic rings. The number of nitrogens with zero attached hydrogens (tertiary/aromatic N) is 1. The minimum Gasteiger partial charge on any atom is -0.361 e. The maximum absolute atomic E-state index is 9.09. The van der Waals surface area contributed by atoms with E-state index >= 15 is 0 Å². The van der Waals surface area contributed by atoms with Gasteiger partial charge in [0.15, 0.2) is 0 Å². The molecular formula is C16H21N3. The molecule has 0 fully saturated rings. The molecule has 3 nitrogen and oxygen atoms in total. The number of H-pyrrole nitrogens is 1. The second kappa shape index (κ2) is 6.40. The predicted octanol–water partition coefficient (Wildman–Crippen LogP) is 3.24. The number of fused-ring (bicyclic) bond motifs is 1. The van der Waals surface area contributed by atoms with Crippen molar-refractivity contribution < 1.29 is 0 Å². The molecule has 2 N–H and O–H groups in total. The Kier molecular flexibility index (Phi) is 4.59. The van der Waals surface area contributed by atoms with Crippen LogP contribution in [0.15, 0.2) is 30.5 Å². The van der Waals surface area contributed by atoms with Gasteiger partial charge in [0.1, 0.15) is 0 Å². The maximum Gasteiger partial charge on any atom is 0.0955 e. The molecule has 1 aromatic carbocycles. The van der Waals surface area contributed by atoms with E-state index in [1.807, 2.05) is 6.07 Å². The topological polar surface area (TPSA) is 51.6 Å². The van der Waals surface area contributed by atoms with Gasteiger partial charge in [0.25, 0.3) is 0 Å². The van der Waals surface area contributed by atoms with Gasteiger partial charge in [0.2, 0.25) is 0 Å². The number of para-hydroxylation sites is 1. The first-order valence-electron chi connectivity index (χ1n) is 6.88. The first-order valence-corrected chi connectivity index (χ1v) is 6.88. The van der Waals surface area contributed by atoms with Crippen LogP contribution in [-0.2, 0) is 6.42 Å². The van der Waals surface area contributed by atoms with E-state index < -0.39 is 0 Å². The Balaban J connectivity index is 1.90. The Hall–Kier alpha value is -1.79. The summed E-state index contributed by atoms with van der Waals surface area (Å²) in [4.78, 5) is 3.28. The van der Waals surface area contributed by atoms with E-state index in [1.165, 1.54) is 16.5 Å². The zero-order valence-electron chi connectivity index (χ0n) is 11.6. The molecule has 0 aliphatic carbocycles. The summed E-state index contributed by atoms with van der Waals surface area (Å²) in [5.41, 5.74) is 2.49. The Labute approximate surface area is 114 Å². The molecule has 2 aromatic rings. The molecule has 0 saturated heterocycles. The van der Waals surface area contributed by atoms with Crippen LogP contribution < -0.4 is 5.32 Å². The van der Waals surface area contributed by atoms with E-state index in [0.717, 1.165) is 19.4 Å². The van der Waals surface area contributed by atoms with Crippen LogP contribution in [0, 0.1) is 17.2 Å². The smallest absolute Gasteiger partial charge is 0.0955 e. The Morgan fingerprint density at radius 2 is 2.11 bits per heavy atom. The highest BCUT2D eigenvalue weighted by molar-refractivity contribution is 5.83. The van der Waals surface area contributed by atoms with Crippen LogP contribution in [0.4, 0.5) is 0 Å². The van der Waals surface area contributed by atoms with Gasteiger partial charge in [-0.1, -0.05) is 32.0 Å². The predicted molar refractivity (Wildman–Crippen MR) is 78.9 cm³/mol. The van der Waals surface area contributed by atoms with E-state index in [-0.39, 0.29) is 6.04 Å². The van der Waals surface area contributed by atoms with Crippen LogP contribution >= 0.6 is 0 Å². The van der Waals surface area contributed by atoms with Crippen molar-refractivity contribution in [2.24, 2.45) is 5.92 Å². The van der Waals surface area contributed by atoms with Crippen LogP contribution in [0.2, 0.25) is 0 Å². The lowest BCUT2D eigenvalue weighted by atomic mass is 10.0. The van der Waals surface area contributed by atoms with Crippen LogP contribution in [0.1, 0.15) is 25.8 Å². The molecule has 1 aromatic heterocycles. The minimum atomic E-state index is -0.0368. The minimum absolute atomic E-state index is 0.0368. The quantitative estimate of drug-likeness (QED) is 0.832. The van der Waals surface area contributed by atoms with Crippen LogP contribution in [0.25, 0.3) is 10.9 Å². The van der Waals surface area contributed by atoms with Crippen LogP contribution in [0.3, 0.4) is 0 Å². The van der Waals surface area contributed by atoms with Gasteiger partial charge < -0.3 is 10.3 Å². The molecule has 0 amide bonds. The van der Waals surface area contributed by atoms with E-state index in [2.05, 4.69) is 54.6 Å². The average Bonchev–Trinajstić information content (AvgIpc) is 2.81. The highest BCUT2D eigenvalue weighted by Gasteiger charge is 2.09. The lowest BCUT2D eigenvalue weighted by molar-refractivity contribution is 0.481. The van der Waals surface area contributed by atoms with Gasteiger partial charge >= 0.3 is 0 Å². The molecular weight excluding hydrogens is 234 g/mol. The summed E-state index contributed by atoms with van der Waals surface area (Å²) in [6.45, 7) is 5.13. The Bertz CT molecular complexity index is 563. The van der Waals surface area contributed by atoms with Gasteiger partial charge in [-0.25, -0.2) is 0 Å². The zero-order chi connectivity index (χ0) is 13.7. The molecule has 100 valence electrons. The molecule has 1 unspecified atom stereocenters. The van der Waals surface area contributed by atoms with Crippen molar-refractivity contribution in [3.63, 3.8) is 0 Å². The first kappa shape index (κ1) is 13.6. The van der Waals surface area contributed by atoms with Crippen LogP contribution in [-0.4, -0.2) is 17.6 Å². The average molecular weight is 255 g/mol. The fraction of sp³-hybridized carbons (Fsp3) is 0.438. The molecule has 1 atom stereocenters. The number of rotatable bonds is 6. The SMILES string of the molecule is CC(C)CC(C#N)NCCc1c[nH]c2ccccc12. The molecule has 0 radical (unpaired) electrons. The summed E-state index contributed by atoms with van der Waals surface area (Å²) in [6, 6.07) is 10.6. The number of aromatic amines is 1. The van der Waals surface area contributed by atoms with Crippen molar-refractivity contribution >= 4 is 10.9 Å². The highest BCUT2D eigenvalue weighted by atomic mass is 14.9. The molecule has 0 aliphatic heterocycles. The third-order valence-corrected chi connectivity index (χ3v) is 3.32. The highest BCUT2D eigenvalue weighted by Crippen LogP contribution is 2.17. The van der Waals surface area contributed by atoms with Gasteiger partial charge in [-0.05, 0) is 30.4 Å². The normalized spacial score (nSPS) is 12.7. The standard InChI is InChI=1S/C16H21N3/c1-12(2)9-14(10-17)18-8-7-13-11-19-16-6-4-3-5-15(13)16/h3-6,11-12,14,18-19H,7-9H2,1-2H3. The van der Waals surface area contributed by atoms with Crippen molar-refractivity contribution in [2.45, 2.75) is 32.7 Å². The molecule has 0 saturated carbocycles. The van der Waals surface area contributed by atoms with E-state index in [0.29, 0.717) is 5.92 Å². The largest absolute Gasteiger partial charge is 0.361 e. The fourth-order valence-corrected chi connectivity index (χ4v) is 2.37. The molecule has 2 rings (SSSR count). The van der Waals surface area contributed by atoms with Crippen molar-refractivity contribution in [2.75, 3.05) is 6.54 Å². The van der Waals surface area contributed by atoms with Gasteiger partial charge in [0.05, 0.1) is 12.1 Å². The summed E-state index contributed by atoms with van der Waals surface area (Å²) in [5, 5.41) is 13.7. The summed E-state index contributed by atoms with van der Waals surface area (Å²) in [6.07, 6.45) is 3.92. The van der Waals surface area contributed by atoms with Gasteiger partial charge in [-0.2, -0.15) is 5.26 Å². The third kappa shape index (κ3) is 3.59. The van der Waals surface area contributed by atoms with Crippen molar-refractivity contribution in [3.8, 4) is 6.07 Å². The number of hydrogen-bond donors (Lipinski definition) is 2. The Morgan fingerprint density at radius 3 is 2.84 bits per heavy atom. The number of nitrogens with one attached hydrogen (secondary N) is 2. The summed E-state index contributed by atoms with van der Waals surface area (Å²) >= 11 is 0. The van der Waals surface area contributed by atoms with E-state index in [1.54, 1.807) is 0 Å². The van der Waals surface area contributed by atoms with Crippen LogP contribution in [0.5, 0.6) is 0 Å². The molecule has 3 heteroatoms. The molecule has 0 bridgehead atoms. The van der Waals surface area contributed by atoms with E-state index in [9.17, 15) is 0 Å². The van der Waals surface area contributed by atoms with Crippen molar-refractivity contribution in [3.05, 3.63) is 36.0 Å². The number of benzene rings is 1. The van der Waals surface area contributed by atoms with Gasteiger partial charge in [-0.15, -0.1) is 0 Å². The fourth-order valence-electron chi connectivity index (χ4n) is 2.37. The lowest BCUT2D eigenvalue weighted by Crippen LogP contribution is -2.30. The second-order valence-electron chi connectivity index (χ2n) is 5.37. The number of aromatic nitrogens is 1. The lowest BCUT2D eigenvalue weighted by Gasteiger charge is -2.13. The monoisotopic (exact) mass is 255 g/mol. The second-order valence-corrected chi connectivity index (χ2v) is 5.37.